The summed E-state index contributed by atoms with van der Waals surface area (Å²) in [7, 11) is 0. The summed E-state index contributed by atoms with van der Waals surface area (Å²) in [6.07, 6.45) is -0.0970. The van der Waals surface area contributed by atoms with Gasteiger partial charge in [0, 0.05) is 24.1 Å². The van der Waals surface area contributed by atoms with E-state index in [4.69, 9.17) is 28.3 Å². The van der Waals surface area contributed by atoms with Gasteiger partial charge in [0.25, 0.3) is 5.69 Å². The lowest BCUT2D eigenvalue weighted by Gasteiger charge is -2.06. The molecule has 0 saturated heterocycles. The lowest BCUT2D eigenvalue weighted by atomic mass is 10.1. The number of halogens is 2. The molecule has 1 heterocycles. The summed E-state index contributed by atoms with van der Waals surface area (Å²) in [5.74, 6) is -0.784. The van der Waals surface area contributed by atoms with Crippen molar-refractivity contribution in [3.8, 4) is 0 Å². The molecule has 2 rings (SSSR count). The second kappa shape index (κ2) is 6.67. The van der Waals surface area contributed by atoms with Gasteiger partial charge in [0.15, 0.2) is 0 Å². The smallest absolute Gasteiger partial charge is 0.308 e. The Labute approximate surface area is 134 Å². The van der Waals surface area contributed by atoms with E-state index in [1.807, 2.05) is 0 Å². The molecule has 9 heteroatoms. The predicted octanol–water partition coefficient (Wildman–Crippen LogP) is 2.91. The van der Waals surface area contributed by atoms with Gasteiger partial charge < -0.3 is 5.11 Å². The molecule has 0 spiro atoms. The van der Waals surface area contributed by atoms with Crippen molar-refractivity contribution in [2.75, 3.05) is 0 Å². The van der Waals surface area contributed by atoms with Crippen LogP contribution in [0.5, 0.6) is 0 Å². The molecule has 114 valence electrons. The largest absolute Gasteiger partial charge is 0.481 e. The summed E-state index contributed by atoms with van der Waals surface area (Å²) < 4.78 is 0. The van der Waals surface area contributed by atoms with Crippen LogP contribution in [0.2, 0.25) is 10.3 Å². The number of hydrogen-bond donors (Lipinski definition) is 1. The van der Waals surface area contributed by atoms with E-state index < -0.39 is 10.9 Å². The van der Waals surface area contributed by atoms with Crippen molar-refractivity contribution in [2.45, 2.75) is 12.8 Å². The van der Waals surface area contributed by atoms with Gasteiger partial charge in [-0.3, -0.25) is 14.9 Å². The second-order valence-electron chi connectivity index (χ2n) is 4.37. The Morgan fingerprint density at radius 2 is 1.73 bits per heavy atom. The van der Waals surface area contributed by atoms with Crippen molar-refractivity contribution in [2.24, 2.45) is 0 Å². The van der Waals surface area contributed by atoms with Crippen LogP contribution in [0.1, 0.15) is 17.0 Å². The molecule has 0 bridgehead atoms. The molecule has 0 saturated carbocycles. The highest BCUT2D eigenvalue weighted by Gasteiger charge is 2.15. The zero-order valence-electron chi connectivity index (χ0n) is 11.0. The first kappa shape index (κ1) is 16.1. The van der Waals surface area contributed by atoms with E-state index >= 15 is 0 Å². The van der Waals surface area contributed by atoms with Gasteiger partial charge in [-0.1, -0.05) is 35.3 Å². The number of benzene rings is 1. The van der Waals surface area contributed by atoms with Crippen molar-refractivity contribution >= 4 is 34.9 Å². The molecule has 1 aromatic carbocycles. The average molecular weight is 342 g/mol. The molecule has 0 radical (unpaired) electrons. The van der Waals surface area contributed by atoms with Gasteiger partial charge in [-0.25, -0.2) is 9.97 Å². The first-order valence-electron chi connectivity index (χ1n) is 6.02. The Hall–Kier alpha value is -2.25. The molecule has 0 amide bonds. The zero-order valence-corrected chi connectivity index (χ0v) is 12.5. The van der Waals surface area contributed by atoms with E-state index in [1.54, 1.807) is 12.1 Å². The molecule has 2 aromatic rings. The topological polar surface area (TPSA) is 106 Å². The number of carboxylic acid groups (broad SMARTS) is 1. The number of aliphatic carboxylic acids is 1. The Morgan fingerprint density at radius 1 is 1.18 bits per heavy atom. The fraction of sp³-hybridized carbons (Fsp3) is 0.154. The fourth-order valence-corrected chi connectivity index (χ4v) is 2.32. The molecule has 1 N–H and O–H groups in total. The van der Waals surface area contributed by atoms with Gasteiger partial charge in [0.05, 0.1) is 11.3 Å². The molecule has 0 atom stereocenters. The van der Waals surface area contributed by atoms with Crippen LogP contribution in [0.25, 0.3) is 0 Å². The van der Waals surface area contributed by atoms with Gasteiger partial charge in [0.1, 0.15) is 16.1 Å². The maximum Gasteiger partial charge on any atom is 0.308 e. The summed E-state index contributed by atoms with van der Waals surface area (Å²) in [6.45, 7) is 0. The number of non-ortho nitro benzene ring substituents is 1. The van der Waals surface area contributed by atoms with E-state index in [0.29, 0.717) is 5.82 Å². The maximum absolute atomic E-state index is 10.7. The van der Waals surface area contributed by atoms with Crippen LogP contribution in [0.4, 0.5) is 5.69 Å². The van der Waals surface area contributed by atoms with Crippen LogP contribution in [-0.2, 0) is 17.6 Å². The van der Waals surface area contributed by atoms with Gasteiger partial charge in [-0.15, -0.1) is 0 Å². The molecule has 7 nitrogen and oxygen atoms in total. The summed E-state index contributed by atoms with van der Waals surface area (Å²) >= 11 is 11.8. The predicted molar refractivity (Wildman–Crippen MR) is 79.3 cm³/mol. The van der Waals surface area contributed by atoms with E-state index in [1.165, 1.54) is 12.1 Å². The highest BCUT2D eigenvalue weighted by Crippen LogP contribution is 2.23. The van der Waals surface area contributed by atoms with Crippen LogP contribution in [0, 0.1) is 10.1 Å². The van der Waals surface area contributed by atoms with Crippen LogP contribution >= 0.6 is 23.2 Å². The molecule has 22 heavy (non-hydrogen) atoms. The van der Waals surface area contributed by atoms with Gasteiger partial charge in [-0.05, 0) is 5.56 Å². The molecule has 0 unspecified atom stereocenters. The van der Waals surface area contributed by atoms with Crippen LogP contribution in [0.15, 0.2) is 24.3 Å². The number of carboxylic acids is 1. The van der Waals surface area contributed by atoms with Crippen molar-refractivity contribution < 1.29 is 14.8 Å². The summed E-state index contributed by atoms with van der Waals surface area (Å²) in [5, 5.41) is 19.3. The normalized spacial score (nSPS) is 10.5. The summed E-state index contributed by atoms with van der Waals surface area (Å²) in [6, 6.07) is 5.90. The minimum Gasteiger partial charge on any atom is -0.481 e. The highest BCUT2D eigenvalue weighted by atomic mass is 35.5. The third kappa shape index (κ3) is 3.90. The SMILES string of the molecule is O=C(O)Cc1c(Cl)nc(Cc2ccc([N+](=O)[O-])cc2)nc1Cl. The standard InChI is InChI=1S/C13H9Cl2N3O4/c14-12-9(6-11(19)20)13(15)17-10(16-12)5-7-1-3-8(4-2-7)18(21)22/h1-4H,5-6H2,(H,19,20). The lowest BCUT2D eigenvalue weighted by molar-refractivity contribution is -0.384. The molecule has 0 aliphatic carbocycles. The maximum atomic E-state index is 10.7. The van der Waals surface area contributed by atoms with E-state index in [-0.39, 0.29) is 34.4 Å². The van der Waals surface area contributed by atoms with Gasteiger partial charge >= 0.3 is 5.97 Å². The Bertz CT molecular complexity index is 712. The van der Waals surface area contributed by atoms with Crippen molar-refractivity contribution in [1.82, 2.24) is 9.97 Å². The highest BCUT2D eigenvalue weighted by molar-refractivity contribution is 6.34. The van der Waals surface area contributed by atoms with Crippen LogP contribution in [-0.4, -0.2) is 26.0 Å². The average Bonchev–Trinajstić information content (AvgIpc) is 2.43. The summed E-state index contributed by atoms with van der Waals surface area (Å²) in [5.41, 5.74) is 0.879. The van der Waals surface area contributed by atoms with Crippen LogP contribution < -0.4 is 0 Å². The number of aromatic nitrogens is 2. The van der Waals surface area contributed by atoms with Gasteiger partial charge in [0.2, 0.25) is 0 Å². The fourth-order valence-electron chi connectivity index (χ4n) is 1.77. The Morgan fingerprint density at radius 3 is 2.18 bits per heavy atom. The molecular weight excluding hydrogens is 333 g/mol. The molecule has 0 aliphatic rings. The Balaban J connectivity index is 2.23. The molecule has 0 fully saturated rings. The number of carbonyl (C=O) groups is 1. The third-order valence-corrected chi connectivity index (χ3v) is 3.42. The number of rotatable bonds is 5. The van der Waals surface area contributed by atoms with Gasteiger partial charge in [-0.2, -0.15) is 0 Å². The zero-order chi connectivity index (χ0) is 16.3. The number of nitro groups is 1. The first-order valence-corrected chi connectivity index (χ1v) is 6.78. The number of nitro benzene ring substituents is 1. The minimum atomic E-state index is -1.09. The van der Waals surface area contributed by atoms with E-state index in [0.717, 1.165) is 5.56 Å². The molecular formula is C13H9Cl2N3O4. The minimum absolute atomic E-state index is 0.0145. The monoisotopic (exact) mass is 341 g/mol. The van der Waals surface area contributed by atoms with E-state index in [9.17, 15) is 14.9 Å². The summed E-state index contributed by atoms with van der Waals surface area (Å²) in [4.78, 5) is 28.8. The second-order valence-corrected chi connectivity index (χ2v) is 5.09. The van der Waals surface area contributed by atoms with Crippen molar-refractivity contribution in [3.63, 3.8) is 0 Å². The molecule has 0 aliphatic heterocycles. The van der Waals surface area contributed by atoms with Crippen molar-refractivity contribution in [3.05, 3.63) is 61.6 Å². The van der Waals surface area contributed by atoms with E-state index in [2.05, 4.69) is 9.97 Å². The quantitative estimate of drug-likeness (QED) is 0.509. The lowest BCUT2D eigenvalue weighted by Crippen LogP contribution is -2.06. The Kier molecular flexibility index (Phi) is 4.89. The third-order valence-electron chi connectivity index (χ3n) is 2.79. The van der Waals surface area contributed by atoms with Crippen LogP contribution in [0.3, 0.4) is 0 Å². The number of hydrogen-bond acceptors (Lipinski definition) is 5. The molecule has 1 aromatic heterocycles. The number of nitrogens with zero attached hydrogens (tertiary/aromatic N) is 3. The first-order chi connectivity index (χ1) is 10.4. The van der Waals surface area contributed by atoms with Crippen molar-refractivity contribution in [1.29, 1.82) is 0 Å².